The molecule has 100 valence electrons. The Balaban J connectivity index is 0.00000144. The molecule has 0 aliphatic heterocycles. The topological polar surface area (TPSA) is 55.1 Å². The lowest BCUT2D eigenvalue weighted by Crippen LogP contribution is -2.53. The number of halogens is 1. The number of carbonyl (C=O) groups is 1. The Bertz CT molecular complexity index is 264. The maximum Gasteiger partial charge on any atom is 0.220 e. The van der Waals surface area contributed by atoms with Crippen molar-refractivity contribution in [3.8, 4) is 0 Å². The second kappa shape index (κ2) is 6.05. The number of nitrogens with one attached hydrogen (secondary N) is 1. The highest BCUT2D eigenvalue weighted by Gasteiger charge is 2.41. The van der Waals surface area contributed by atoms with E-state index in [4.69, 9.17) is 5.73 Å². The highest BCUT2D eigenvalue weighted by Crippen LogP contribution is 2.39. The van der Waals surface area contributed by atoms with Gasteiger partial charge in [-0.1, -0.05) is 19.3 Å². The number of rotatable bonds is 6. The van der Waals surface area contributed by atoms with Crippen LogP contribution in [0.5, 0.6) is 0 Å². The van der Waals surface area contributed by atoms with Crippen molar-refractivity contribution in [2.24, 2.45) is 17.6 Å². The van der Waals surface area contributed by atoms with Crippen LogP contribution in [0.15, 0.2) is 0 Å². The Morgan fingerprint density at radius 3 is 2.41 bits per heavy atom. The van der Waals surface area contributed by atoms with Gasteiger partial charge >= 0.3 is 0 Å². The summed E-state index contributed by atoms with van der Waals surface area (Å²) in [4.78, 5) is 11.8. The molecule has 1 atom stereocenters. The Hall–Kier alpha value is -0.280. The quantitative estimate of drug-likeness (QED) is 0.770. The predicted molar refractivity (Wildman–Crippen MR) is 72.1 cm³/mol. The molecule has 2 fully saturated rings. The summed E-state index contributed by atoms with van der Waals surface area (Å²) >= 11 is 0. The summed E-state index contributed by atoms with van der Waals surface area (Å²) in [5, 5.41) is 3.14. The minimum Gasteiger partial charge on any atom is -0.349 e. The average Bonchev–Trinajstić information content (AvgIpc) is 2.98. The van der Waals surface area contributed by atoms with Crippen LogP contribution in [0.3, 0.4) is 0 Å². The SMILES string of the molecule is CC(CN)(NC(=O)CCC1CCC1)C1CC1.Cl. The molecule has 1 amide bonds. The minimum atomic E-state index is -0.142. The first-order chi connectivity index (χ1) is 7.64. The molecule has 2 aliphatic carbocycles. The lowest BCUT2D eigenvalue weighted by molar-refractivity contribution is -0.123. The smallest absolute Gasteiger partial charge is 0.220 e. The fraction of sp³-hybridized carbons (Fsp3) is 0.923. The zero-order valence-corrected chi connectivity index (χ0v) is 11.5. The zero-order valence-electron chi connectivity index (χ0n) is 10.7. The van der Waals surface area contributed by atoms with Crippen molar-refractivity contribution in [3.63, 3.8) is 0 Å². The number of carbonyl (C=O) groups excluding carboxylic acids is 1. The van der Waals surface area contributed by atoms with E-state index in [0.717, 1.165) is 12.3 Å². The first kappa shape index (κ1) is 14.8. The zero-order chi connectivity index (χ0) is 11.6. The number of nitrogens with two attached hydrogens (primary N) is 1. The maximum absolute atomic E-state index is 11.8. The highest BCUT2D eigenvalue weighted by atomic mass is 35.5. The van der Waals surface area contributed by atoms with Crippen molar-refractivity contribution >= 4 is 18.3 Å². The van der Waals surface area contributed by atoms with E-state index in [1.54, 1.807) is 0 Å². The summed E-state index contributed by atoms with van der Waals surface area (Å²) in [5.74, 6) is 1.63. The summed E-state index contributed by atoms with van der Waals surface area (Å²) in [5.41, 5.74) is 5.63. The molecule has 0 heterocycles. The molecule has 0 spiro atoms. The van der Waals surface area contributed by atoms with E-state index in [2.05, 4.69) is 12.2 Å². The van der Waals surface area contributed by atoms with Crippen molar-refractivity contribution in [3.05, 3.63) is 0 Å². The van der Waals surface area contributed by atoms with Gasteiger partial charge in [-0.15, -0.1) is 12.4 Å². The van der Waals surface area contributed by atoms with E-state index in [9.17, 15) is 4.79 Å². The highest BCUT2D eigenvalue weighted by molar-refractivity contribution is 5.85. The van der Waals surface area contributed by atoms with Gasteiger partial charge < -0.3 is 11.1 Å². The molecule has 3 N–H and O–H groups in total. The number of amides is 1. The summed E-state index contributed by atoms with van der Waals surface area (Å²) < 4.78 is 0. The molecule has 2 saturated carbocycles. The first-order valence-corrected chi connectivity index (χ1v) is 6.65. The molecule has 0 aromatic rings. The Kier molecular flexibility index (Phi) is 5.26. The lowest BCUT2D eigenvalue weighted by Gasteiger charge is -2.30. The van der Waals surface area contributed by atoms with Gasteiger partial charge in [0, 0.05) is 13.0 Å². The summed E-state index contributed by atoms with van der Waals surface area (Å²) in [6, 6.07) is 0. The van der Waals surface area contributed by atoms with Crippen molar-refractivity contribution in [1.82, 2.24) is 5.32 Å². The van der Waals surface area contributed by atoms with Crippen LogP contribution in [-0.4, -0.2) is 18.0 Å². The van der Waals surface area contributed by atoms with Gasteiger partial charge in [0.05, 0.1) is 5.54 Å². The fourth-order valence-corrected chi connectivity index (χ4v) is 2.54. The van der Waals surface area contributed by atoms with Crippen LogP contribution >= 0.6 is 12.4 Å². The molecule has 17 heavy (non-hydrogen) atoms. The van der Waals surface area contributed by atoms with Gasteiger partial charge in [0.1, 0.15) is 0 Å². The van der Waals surface area contributed by atoms with Gasteiger partial charge in [-0.3, -0.25) is 4.79 Å². The Labute approximate surface area is 110 Å². The normalized spacial score (nSPS) is 23.2. The van der Waals surface area contributed by atoms with Crippen molar-refractivity contribution in [2.45, 2.75) is 57.4 Å². The third-order valence-electron chi connectivity index (χ3n) is 4.33. The van der Waals surface area contributed by atoms with E-state index in [1.807, 2.05) is 0 Å². The first-order valence-electron chi connectivity index (χ1n) is 6.65. The van der Waals surface area contributed by atoms with E-state index in [1.165, 1.54) is 32.1 Å². The third kappa shape index (κ3) is 3.85. The van der Waals surface area contributed by atoms with Gasteiger partial charge in [0.2, 0.25) is 5.91 Å². The summed E-state index contributed by atoms with van der Waals surface area (Å²) in [6.45, 7) is 2.65. The fourth-order valence-electron chi connectivity index (χ4n) is 2.54. The minimum absolute atomic E-state index is 0. The molecule has 0 saturated heterocycles. The van der Waals surface area contributed by atoms with Gasteiger partial charge in [0.25, 0.3) is 0 Å². The van der Waals surface area contributed by atoms with E-state index < -0.39 is 0 Å². The van der Waals surface area contributed by atoms with Crippen LogP contribution < -0.4 is 11.1 Å². The van der Waals surface area contributed by atoms with Gasteiger partial charge in [-0.25, -0.2) is 0 Å². The molecule has 0 radical (unpaired) electrons. The van der Waals surface area contributed by atoms with Crippen LogP contribution in [-0.2, 0) is 4.79 Å². The number of hydrogen-bond donors (Lipinski definition) is 2. The third-order valence-corrected chi connectivity index (χ3v) is 4.33. The Morgan fingerprint density at radius 1 is 1.35 bits per heavy atom. The van der Waals surface area contributed by atoms with Gasteiger partial charge in [0.15, 0.2) is 0 Å². The van der Waals surface area contributed by atoms with Crippen molar-refractivity contribution < 1.29 is 4.79 Å². The van der Waals surface area contributed by atoms with E-state index in [-0.39, 0.29) is 23.9 Å². The van der Waals surface area contributed by atoms with Crippen molar-refractivity contribution in [1.29, 1.82) is 0 Å². The molecule has 2 aliphatic rings. The standard InChI is InChI=1S/C13H24N2O.ClH/c1-13(9-14,11-6-7-11)15-12(16)8-5-10-3-2-4-10;/h10-11H,2-9,14H2,1H3,(H,15,16);1H. The van der Waals surface area contributed by atoms with Crippen LogP contribution in [0, 0.1) is 11.8 Å². The van der Waals surface area contributed by atoms with Crippen LogP contribution in [0.25, 0.3) is 0 Å². The average molecular weight is 261 g/mol. The number of hydrogen-bond acceptors (Lipinski definition) is 2. The molecule has 0 aromatic carbocycles. The molecular formula is C13H25ClN2O. The van der Waals surface area contributed by atoms with Crippen LogP contribution in [0.1, 0.15) is 51.9 Å². The molecule has 0 bridgehead atoms. The molecule has 0 aromatic heterocycles. The van der Waals surface area contributed by atoms with E-state index >= 15 is 0 Å². The van der Waals surface area contributed by atoms with E-state index in [0.29, 0.717) is 18.9 Å². The molecule has 4 heteroatoms. The molecule has 1 unspecified atom stereocenters. The molecule has 3 nitrogen and oxygen atoms in total. The second-order valence-electron chi connectivity index (χ2n) is 5.78. The van der Waals surface area contributed by atoms with Gasteiger partial charge in [-0.2, -0.15) is 0 Å². The van der Waals surface area contributed by atoms with Crippen LogP contribution in [0.4, 0.5) is 0 Å². The summed E-state index contributed by atoms with van der Waals surface area (Å²) in [6.07, 6.45) is 8.19. The molecule has 2 rings (SSSR count). The lowest BCUT2D eigenvalue weighted by atomic mass is 9.82. The van der Waals surface area contributed by atoms with Crippen molar-refractivity contribution in [2.75, 3.05) is 6.54 Å². The monoisotopic (exact) mass is 260 g/mol. The van der Waals surface area contributed by atoms with Crippen LogP contribution in [0.2, 0.25) is 0 Å². The summed E-state index contributed by atoms with van der Waals surface area (Å²) in [7, 11) is 0. The second-order valence-corrected chi connectivity index (χ2v) is 5.78. The largest absolute Gasteiger partial charge is 0.349 e. The Morgan fingerprint density at radius 2 is 2.00 bits per heavy atom. The predicted octanol–water partition coefficient (Wildman–Crippen LogP) is 2.23. The maximum atomic E-state index is 11.8. The van der Waals surface area contributed by atoms with Gasteiger partial charge in [-0.05, 0) is 38.0 Å². The molecular weight excluding hydrogens is 236 g/mol.